The topological polar surface area (TPSA) is 120 Å². The predicted octanol–water partition coefficient (Wildman–Crippen LogP) is 3.06. The minimum atomic E-state index is -1.53. The number of aryl methyl sites for hydroxylation is 1. The van der Waals surface area contributed by atoms with Crippen molar-refractivity contribution in [1.29, 1.82) is 0 Å². The highest BCUT2D eigenvalue weighted by Crippen LogP contribution is 2.21. The zero-order valence-electron chi connectivity index (χ0n) is 25.4. The summed E-state index contributed by atoms with van der Waals surface area (Å²) in [6, 6.07) is 12.2. The molecule has 1 aliphatic rings. The molecule has 4 N–H and O–H groups in total. The molecule has 3 unspecified atom stereocenters. The van der Waals surface area contributed by atoms with Gasteiger partial charge in [-0.1, -0.05) is 68.3 Å². The maximum atomic E-state index is 13.4. The highest BCUT2D eigenvalue weighted by atomic mass is 19.1. The first-order valence-electron chi connectivity index (χ1n) is 14.2. The fourth-order valence-electron chi connectivity index (χ4n) is 4.43. The van der Waals surface area contributed by atoms with Crippen LogP contribution in [-0.4, -0.2) is 78.7 Å². The Balaban J connectivity index is 0.000000661. The van der Waals surface area contributed by atoms with Crippen LogP contribution < -0.4 is 20.7 Å². The van der Waals surface area contributed by atoms with E-state index in [1.165, 1.54) is 37.9 Å². The van der Waals surface area contributed by atoms with Crippen LogP contribution in [0.15, 0.2) is 54.6 Å². The Morgan fingerprint density at radius 1 is 1.10 bits per heavy atom. The quantitative estimate of drug-likeness (QED) is 0.440. The van der Waals surface area contributed by atoms with E-state index in [0.717, 1.165) is 17.5 Å². The van der Waals surface area contributed by atoms with E-state index >= 15 is 0 Å². The van der Waals surface area contributed by atoms with Gasteiger partial charge in [-0.2, -0.15) is 0 Å². The number of rotatable bonds is 3. The van der Waals surface area contributed by atoms with Crippen molar-refractivity contribution >= 4 is 23.8 Å². The van der Waals surface area contributed by atoms with Gasteiger partial charge < -0.3 is 30.7 Å². The van der Waals surface area contributed by atoms with Gasteiger partial charge in [-0.25, -0.2) is 4.39 Å². The number of fused-ring (bicyclic) bond motifs is 1. The average molecular weight is 585 g/mol. The molecule has 0 aromatic heterocycles. The van der Waals surface area contributed by atoms with Crippen molar-refractivity contribution in [2.45, 2.75) is 58.7 Å². The molecule has 0 aliphatic carbocycles. The number of ether oxygens (including phenoxy) is 1. The molecule has 0 radical (unpaired) electrons. The van der Waals surface area contributed by atoms with Crippen LogP contribution in [-0.2, 0) is 14.4 Å². The molecule has 42 heavy (non-hydrogen) atoms. The SMILES string of the molecule is CCC(C)C1NCCOc2ccccc2/C=C/CNC(=O)CNC(=O)C(C(C)(C)O)N(C)C1=O.Cc1ccc(F)cc1. The predicted molar refractivity (Wildman–Crippen MR) is 162 cm³/mol. The van der Waals surface area contributed by atoms with Crippen molar-refractivity contribution in [2.75, 3.05) is 33.3 Å². The molecule has 0 spiro atoms. The van der Waals surface area contributed by atoms with Crippen LogP contribution in [0.2, 0.25) is 0 Å². The number of para-hydroxylation sites is 1. The van der Waals surface area contributed by atoms with E-state index in [9.17, 15) is 23.9 Å². The summed E-state index contributed by atoms with van der Waals surface area (Å²) in [5.41, 5.74) is 0.432. The standard InChI is InChI=1S/C25H38N4O5.C7H7F/c1-6-17(2)21-24(32)29(5)22(25(3,4)33)23(31)28-16-20(30)26-13-9-11-18-10-7-8-12-19(18)34-15-14-27-21;1-6-2-4-7(8)5-3-6/h7-12,17,21-22,27,33H,6,13-16H2,1-5H3,(H,26,30)(H,28,31);2-5H,1H3/b11-9+;. The van der Waals surface area contributed by atoms with Crippen molar-refractivity contribution in [1.82, 2.24) is 20.9 Å². The lowest BCUT2D eigenvalue weighted by Gasteiger charge is -2.38. The Bertz CT molecular complexity index is 1180. The molecule has 1 aliphatic heterocycles. The lowest BCUT2D eigenvalue weighted by atomic mass is 9.93. The van der Waals surface area contributed by atoms with Gasteiger partial charge in [-0.3, -0.25) is 14.4 Å². The number of benzene rings is 2. The maximum absolute atomic E-state index is 13.4. The number of hydrogen-bond donors (Lipinski definition) is 4. The van der Waals surface area contributed by atoms with Gasteiger partial charge in [0.2, 0.25) is 17.7 Å². The van der Waals surface area contributed by atoms with Crippen LogP contribution in [0.5, 0.6) is 5.75 Å². The Labute approximate surface area is 248 Å². The molecule has 3 atom stereocenters. The summed E-state index contributed by atoms with van der Waals surface area (Å²) >= 11 is 0. The number of amides is 3. The molecule has 3 amide bonds. The fourth-order valence-corrected chi connectivity index (χ4v) is 4.43. The zero-order valence-corrected chi connectivity index (χ0v) is 25.4. The number of hydrogen-bond acceptors (Lipinski definition) is 6. The third-order valence-corrected chi connectivity index (χ3v) is 6.92. The second kappa shape index (κ2) is 16.6. The Hall–Kier alpha value is -3.76. The van der Waals surface area contributed by atoms with Crippen molar-refractivity contribution in [3.63, 3.8) is 0 Å². The molecular formula is C32H45FN4O5. The van der Waals surface area contributed by atoms with Crippen molar-refractivity contribution in [3.05, 3.63) is 71.6 Å². The van der Waals surface area contributed by atoms with Gasteiger partial charge in [0.05, 0.1) is 18.2 Å². The fraction of sp³-hybridized carbons (Fsp3) is 0.469. The van der Waals surface area contributed by atoms with Crippen molar-refractivity contribution < 1.29 is 28.6 Å². The molecule has 10 heteroatoms. The summed E-state index contributed by atoms with van der Waals surface area (Å²) in [4.78, 5) is 39.9. The number of halogens is 1. The van der Waals surface area contributed by atoms with Gasteiger partial charge in [-0.05, 0) is 44.9 Å². The van der Waals surface area contributed by atoms with Gasteiger partial charge in [0.25, 0.3) is 0 Å². The van der Waals surface area contributed by atoms with Crippen molar-refractivity contribution in [3.8, 4) is 5.75 Å². The molecule has 0 saturated heterocycles. The first kappa shape index (κ1) is 34.4. The minimum Gasteiger partial charge on any atom is -0.492 e. The van der Waals surface area contributed by atoms with Crippen LogP contribution >= 0.6 is 0 Å². The maximum Gasteiger partial charge on any atom is 0.246 e. The van der Waals surface area contributed by atoms with E-state index in [0.29, 0.717) is 18.9 Å². The monoisotopic (exact) mass is 584 g/mol. The number of carbonyl (C=O) groups is 3. The van der Waals surface area contributed by atoms with Gasteiger partial charge in [-0.15, -0.1) is 0 Å². The molecule has 9 nitrogen and oxygen atoms in total. The third-order valence-electron chi connectivity index (χ3n) is 6.92. The molecule has 3 rings (SSSR count). The van der Waals surface area contributed by atoms with Crippen LogP contribution in [0.1, 0.15) is 45.2 Å². The largest absolute Gasteiger partial charge is 0.492 e. The molecular weight excluding hydrogens is 539 g/mol. The van der Waals surface area contributed by atoms with Crippen LogP contribution in [0.3, 0.4) is 0 Å². The second-order valence-corrected chi connectivity index (χ2v) is 10.9. The molecule has 2 aromatic carbocycles. The van der Waals surface area contributed by atoms with E-state index in [-0.39, 0.29) is 36.6 Å². The van der Waals surface area contributed by atoms with Gasteiger partial charge in [0.1, 0.15) is 24.2 Å². The summed E-state index contributed by atoms with van der Waals surface area (Å²) in [6.45, 7) is 9.57. The highest BCUT2D eigenvalue weighted by molar-refractivity contribution is 5.92. The summed E-state index contributed by atoms with van der Waals surface area (Å²) in [5.74, 6) is -0.791. The van der Waals surface area contributed by atoms with E-state index in [1.54, 1.807) is 18.2 Å². The molecule has 2 aromatic rings. The Morgan fingerprint density at radius 3 is 2.38 bits per heavy atom. The lowest BCUT2D eigenvalue weighted by molar-refractivity contribution is -0.150. The Morgan fingerprint density at radius 2 is 1.76 bits per heavy atom. The number of likely N-dealkylation sites (N-methyl/N-ethyl adjacent to an activating group) is 1. The number of aliphatic hydroxyl groups is 1. The molecule has 0 saturated carbocycles. The van der Waals surface area contributed by atoms with Gasteiger partial charge in [0.15, 0.2) is 0 Å². The smallest absolute Gasteiger partial charge is 0.246 e. The normalized spacial score (nSPS) is 20.8. The highest BCUT2D eigenvalue weighted by Gasteiger charge is 2.41. The number of nitrogens with zero attached hydrogens (tertiary/aromatic N) is 1. The number of carbonyl (C=O) groups excluding carboxylic acids is 3. The third kappa shape index (κ3) is 10.9. The average Bonchev–Trinajstić information content (AvgIpc) is 2.95. The van der Waals surface area contributed by atoms with Crippen LogP contribution in [0, 0.1) is 18.7 Å². The van der Waals surface area contributed by atoms with Crippen LogP contribution in [0.4, 0.5) is 4.39 Å². The van der Waals surface area contributed by atoms with E-state index < -0.39 is 23.6 Å². The summed E-state index contributed by atoms with van der Waals surface area (Å²) in [6.07, 6.45) is 4.40. The Kier molecular flexibility index (Phi) is 13.6. The zero-order chi connectivity index (χ0) is 31.3. The summed E-state index contributed by atoms with van der Waals surface area (Å²) in [7, 11) is 1.50. The summed E-state index contributed by atoms with van der Waals surface area (Å²) in [5, 5.41) is 19.2. The molecule has 0 fully saturated rings. The minimum absolute atomic E-state index is 0.0212. The summed E-state index contributed by atoms with van der Waals surface area (Å²) < 4.78 is 18.0. The van der Waals surface area contributed by atoms with E-state index in [1.807, 2.05) is 51.1 Å². The van der Waals surface area contributed by atoms with E-state index in [4.69, 9.17) is 4.74 Å². The van der Waals surface area contributed by atoms with Gasteiger partial charge in [0, 0.05) is 25.7 Å². The molecule has 0 bridgehead atoms. The van der Waals surface area contributed by atoms with E-state index in [2.05, 4.69) is 16.0 Å². The lowest BCUT2D eigenvalue weighted by Crippen LogP contribution is -2.62. The first-order valence-corrected chi connectivity index (χ1v) is 14.2. The molecule has 230 valence electrons. The first-order chi connectivity index (χ1) is 19.8. The van der Waals surface area contributed by atoms with Gasteiger partial charge >= 0.3 is 0 Å². The number of nitrogens with one attached hydrogen (secondary N) is 3. The molecule has 1 heterocycles. The van der Waals surface area contributed by atoms with Crippen molar-refractivity contribution in [2.24, 2.45) is 5.92 Å². The van der Waals surface area contributed by atoms with Crippen LogP contribution in [0.25, 0.3) is 6.08 Å². The second-order valence-electron chi connectivity index (χ2n) is 10.9.